The summed E-state index contributed by atoms with van der Waals surface area (Å²) < 4.78 is 5.83. The van der Waals surface area contributed by atoms with Crippen LogP contribution < -0.4 is 10.1 Å². The van der Waals surface area contributed by atoms with Crippen molar-refractivity contribution in [2.75, 3.05) is 59.5 Å². The molecule has 1 aromatic carbocycles. The lowest BCUT2D eigenvalue weighted by molar-refractivity contribution is 0.186. The first-order chi connectivity index (χ1) is 9.75. The van der Waals surface area contributed by atoms with Crippen LogP contribution in [0.3, 0.4) is 0 Å². The Morgan fingerprint density at radius 2 is 1.82 bits per heavy atom. The lowest BCUT2D eigenvalue weighted by Gasteiger charge is -2.29. The van der Waals surface area contributed by atoms with Crippen molar-refractivity contribution in [2.24, 2.45) is 0 Å². The summed E-state index contributed by atoms with van der Waals surface area (Å²) in [7, 11) is 2.17. The van der Waals surface area contributed by atoms with Crippen LogP contribution in [-0.2, 0) is 0 Å². The van der Waals surface area contributed by atoms with Gasteiger partial charge in [0.2, 0.25) is 0 Å². The molecule has 0 radical (unpaired) electrons. The normalized spacial score (nSPS) is 15.0. The first-order valence-corrected chi connectivity index (χ1v) is 7.56. The van der Waals surface area contributed by atoms with Gasteiger partial charge in [0.1, 0.15) is 12.4 Å². The topological polar surface area (TPSA) is 27.7 Å². The highest BCUT2D eigenvalue weighted by Crippen LogP contribution is 2.15. The third-order valence-corrected chi connectivity index (χ3v) is 3.83. The van der Waals surface area contributed by atoms with Crippen molar-refractivity contribution in [2.45, 2.75) is 6.92 Å². The van der Waals surface area contributed by atoms with Crippen molar-refractivity contribution in [3.8, 4) is 5.75 Å². The molecule has 0 unspecified atom stereocenters. The van der Waals surface area contributed by atoms with Crippen LogP contribution in [0.2, 0.25) is 0 Å². The highest BCUT2D eigenvalue weighted by Gasteiger charge is 2.09. The molecule has 6 heteroatoms. The van der Waals surface area contributed by atoms with Gasteiger partial charge < -0.3 is 15.0 Å². The summed E-state index contributed by atoms with van der Waals surface area (Å²) in [5, 5.41) is 3.38. The van der Waals surface area contributed by atoms with Gasteiger partial charge in [-0.1, -0.05) is 18.2 Å². The number of benzene rings is 1. The molecular formula is C16H29Cl2N3O. The van der Waals surface area contributed by atoms with E-state index in [-0.39, 0.29) is 24.8 Å². The number of rotatable bonds is 7. The number of likely N-dealkylation sites (N-methyl/N-ethyl adjacent to an activating group) is 1. The largest absolute Gasteiger partial charge is 0.492 e. The Morgan fingerprint density at radius 3 is 2.50 bits per heavy atom. The molecule has 2 rings (SSSR count). The molecule has 0 amide bonds. The molecule has 0 bridgehead atoms. The molecule has 4 nitrogen and oxygen atoms in total. The van der Waals surface area contributed by atoms with Crippen LogP contribution in [0.25, 0.3) is 0 Å². The van der Waals surface area contributed by atoms with Crippen molar-refractivity contribution in [3.05, 3.63) is 29.8 Å². The third-order valence-electron chi connectivity index (χ3n) is 3.83. The van der Waals surface area contributed by atoms with Gasteiger partial charge in [0.25, 0.3) is 0 Å². The molecule has 1 fully saturated rings. The number of piperazine rings is 1. The maximum absolute atomic E-state index is 5.83. The van der Waals surface area contributed by atoms with E-state index in [4.69, 9.17) is 4.74 Å². The standard InChI is InChI=1S/C16H27N3O.2ClH/c1-15-5-3-4-6-16(15)20-14-13-18(2)11-12-19-9-7-17-8-10-19;;/h3-6,17H,7-14H2,1-2H3;2*1H. The molecule has 0 aromatic heterocycles. The lowest BCUT2D eigenvalue weighted by atomic mass is 10.2. The Balaban J connectivity index is 0.00000220. The van der Waals surface area contributed by atoms with E-state index in [1.54, 1.807) is 0 Å². The first-order valence-electron chi connectivity index (χ1n) is 7.56. The van der Waals surface area contributed by atoms with Gasteiger partial charge in [0, 0.05) is 45.8 Å². The zero-order chi connectivity index (χ0) is 14.2. The van der Waals surface area contributed by atoms with Gasteiger partial charge in [-0.15, -0.1) is 24.8 Å². The van der Waals surface area contributed by atoms with E-state index in [2.05, 4.69) is 35.2 Å². The zero-order valence-corrected chi connectivity index (χ0v) is 15.2. The van der Waals surface area contributed by atoms with Crippen LogP contribution in [0.1, 0.15) is 5.56 Å². The van der Waals surface area contributed by atoms with E-state index in [9.17, 15) is 0 Å². The molecular weight excluding hydrogens is 321 g/mol. The highest BCUT2D eigenvalue weighted by molar-refractivity contribution is 5.85. The van der Waals surface area contributed by atoms with E-state index in [1.165, 1.54) is 18.7 Å². The summed E-state index contributed by atoms with van der Waals surface area (Å²) in [6.45, 7) is 10.7. The number of para-hydroxylation sites is 1. The van der Waals surface area contributed by atoms with Crippen LogP contribution in [0.4, 0.5) is 0 Å². The van der Waals surface area contributed by atoms with E-state index < -0.39 is 0 Å². The first kappa shape index (κ1) is 21.5. The zero-order valence-electron chi connectivity index (χ0n) is 13.6. The fourth-order valence-corrected chi connectivity index (χ4v) is 2.39. The Bertz CT molecular complexity index is 401. The number of hydrogen-bond acceptors (Lipinski definition) is 4. The lowest BCUT2D eigenvalue weighted by Crippen LogP contribution is -2.46. The number of nitrogens with one attached hydrogen (secondary N) is 1. The minimum Gasteiger partial charge on any atom is -0.492 e. The van der Waals surface area contributed by atoms with Crippen molar-refractivity contribution in [1.29, 1.82) is 0 Å². The second kappa shape index (κ2) is 12.0. The minimum absolute atomic E-state index is 0. The fraction of sp³-hybridized carbons (Fsp3) is 0.625. The molecule has 1 aliphatic heterocycles. The molecule has 1 N–H and O–H groups in total. The second-order valence-corrected chi connectivity index (χ2v) is 5.51. The van der Waals surface area contributed by atoms with Crippen LogP contribution in [0.5, 0.6) is 5.75 Å². The Kier molecular flexibility index (Phi) is 11.7. The smallest absolute Gasteiger partial charge is 0.122 e. The second-order valence-electron chi connectivity index (χ2n) is 5.51. The maximum Gasteiger partial charge on any atom is 0.122 e. The summed E-state index contributed by atoms with van der Waals surface area (Å²) in [4.78, 5) is 4.87. The van der Waals surface area contributed by atoms with Crippen LogP contribution >= 0.6 is 24.8 Å². The van der Waals surface area contributed by atoms with Gasteiger partial charge in [-0.05, 0) is 25.6 Å². The molecule has 0 spiro atoms. The summed E-state index contributed by atoms with van der Waals surface area (Å²) in [5.41, 5.74) is 1.20. The summed E-state index contributed by atoms with van der Waals surface area (Å²) in [6, 6.07) is 8.19. The third kappa shape index (κ3) is 7.65. The van der Waals surface area contributed by atoms with E-state index in [1.807, 2.05) is 18.2 Å². The molecule has 0 aliphatic carbocycles. The fourth-order valence-electron chi connectivity index (χ4n) is 2.39. The average Bonchev–Trinajstić information content (AvgIpc) is 2.48. The molecule has 1 aliphatic rings. The molecule has 1 saturated heterocycles. The van der Waals surface area contributed by atoms with Crippen LogP contribution in [0, 0.1) is 6.92 Å². The Hall–Kier alpha value is -0.520. The Morgan fingerprint density at radius 1 is 1.14 bits per heavy atom. The minimum atomic E-state index is 0. The van der Waals surface area contributed by atoms with Gasteiger partial charge in [-0.25, -0.2) is 0 Å². The predicted octanol–water partition coefficient (Wildman–Crippen LogP) is 2.05. The summed E-state index contributed by atoms with van der Waals surface area (Å²) >= 11 is 0. The molecule has 128 valence electrons. The van der Waals surface area contributed by atoms with Gasteiger partial charge in [0.15, 0.2) is 0 Å². The van der Waals surface area contributed by atoms with Crippen LogP contribution in [0.15, 0.2) is 24.3 Å². The van der Waals surface area contributed by atoms with E-state index in [0.29, 0.717) is 0 Å². The van der Waals surface area contributed by atoms with Crippen LogP contribution in [-0.4, -0.2) is 69.3 Å². The number of hydrogen-bond donors (Lipinski definition) is 1. The average molecular weight is 350 g/mol. The number of ether oxygens (including phenoxy) is 1. The molecule has 1 aromatic rings. The van der Waals surface area contributed by atoms with Crippen molar-refractivity contribution in [1.82, 2.24) is 15.1 Å². The number of halogens is 2. The molecule has 1 heterocycles. The van der Waals surface area contributed by atoms with Gasteiger partial charge in [-0.3, -0.25) is 4.90 Å². The molecule has 0 saturated carbocycles. The quantitative estimate of drug-likeness (QED) is 0.815. The van der Waals surface area contributed by atoms with Gasteiger partial charge >= 0.3 is 0 Å². The monoisotopic (exact) mass is 349 g/mol. The number of nitrogens with zero attached hydrogens (tertiary/aromatic N) is 2. The number of aryl methyl sites for hydroxylation is 1. The SMILES string of the molecule is Cc1ccccc1OCCN(C)CCN1CCNCC1.Cl.Cl. The maximum atomic E-state index is 5.83. The van der Waals surface area contributed by atoms with E-state index >= 15 is 0 Å². The van der Waals surface area contributed by atoms with Crippen molar-refractivity contribution < 1.29 is 4.74 Å². The molecule has 22 heavy (non-hydrogen) atoms. The summed E-state index contributed by atoms with van der Waals surface area (Å²) in [5.74, 6) is 1.00. The highest BCUT2D eigenvalue weighted by atomic mass is 35.5. The summed E-state index contributed by atoms with van der Waals surface area (Å²) in [6.07, 6.45) is 0. The van der Waals surface area contributed by atoms with Gasteiger partial charge in [0.05, 0.1) is 0 Å². The Labute approximate surface area is 147 Å². The van der Waals surface area contributed by atoms with Crippen molar-refractivity contribution in [3.63, 3.8) is 0 Å². The molecule has 0 atom stereocenters. The van der Waals surface area contributed by atoms with Crippen molar-refractivity contribution >= 4 is 24.8 Å². The predicted molar refractivity (Wildman–Crippen MR) is 98.0 cm³/mol. The van der Waals surface area contributed by atoms with E-state index in [0.717, 1.165) is 45.1 Å². The van der Waals surface area contributed by atoms with Gasteiger partial charge in [-0.2, -0.15) is 0 Å².